The number of sulfonamides is 1. The molecule has 2 N–H and O–H groups in total. The fourth-order valence-corrected chi connectivity index (χ4v) is 3.44. The van der Waals surface area contributed by atoms with Gasteiger partial charge in [-0.3, -0.25) is 9.78 Å². The van der Waals surface area contributed by atoms with Gasteiger partial charge in [-0.05, 0) is 46.3 Å². The molecule has 2 rings (SSSR count). The second-order valence-corrected chi connectivity index (χ2v) is 7.66. The Bertz CT molecular complexity index is 829. The highest BCUT2D eigenvalue weighted by atomic mass is 79.9. The fourth-order valence-electron chi connectivity index (χ4n) is 1.98. The number of hydrogen-bond donors (Lipinski definition) is 2. The Morgan fingerprint density at radius 3 is 2.76 bits per heavy atom. The second kappa shape index (κ2) is 9.04. The third kappa shape index (κ3) is 5.60. The average molecular weight is 428 g/mol. The Morgan fingerprint density at radius 1 is 1.28 bits per heavy atom. The lowest BCUT2D eigenvalue weighted by molar-refractivity contribution is 0.0949. The number of aromatic nitrogens is 1. The summed E-state index contributed by atoms with van der Waals surface area (Å²) in [5.41, 5.74) is 0.933. The zero-order valence-corrected chi connectivity index (χ0v) is 15.9. The number of amides is 1. The van der Waals surface area contributed by atoms with Gasteiger partial charge in [0.25, 0.3) is 5.91 Å². The van der Waals surface area contributed by atoms with Gasteiger partial charge in [-0.25, -0.2) is 13.1 Å². The minimum absolute atomic E-state index is 0.00906. The van der Waals surface area contributed by atoms with E-state index in [4.69, 9.17) is 4.74 Å². The second-order valence-electron chi connectivity index (χ2n) is 5.04. The van der Waals surface area contributed by atoms with Crippen LogP contribution in [0.25, 0.3) is 0 Å². The van der Waals surface area contributed by atoms with Crippen LogP contribution in [-0.2, 0) is 21.3 Å². The molecule has 0 atom stereocenters. The number of methoxy groups -OCH3 is 1. The Morgan fingerprint density at radius 2 is 2.08 bits per heavy atom. The van der Waals surface area contributed by atoms with Crippen LogP contribution >= 0.6 is 15.9 Å². The Balaban J connectivity index is 2.13. The van der Waals surface area contributed by atoms with Crippen molar-refractivity contribution in [1.29, 1.82) is 0 Å². The van der Waals surface area contributed by atoms with E-state index in [1.165, 1.54) is 25.3 Å². The molecule has 0 fully saturated rings. The van der Waals surface area contributed by atoms with E-state index in [0.717, 1.165) is 0 Å². The first-order valence-electron chi connectivity index (χ1n) is 7.40. The van der Waals surface area contributed by atoms with Gasteiger partial charge < -0.3 is 10.1 Å². The zero-order chi connectivity index (χ0) is 18.3. The number of hydrogen-bond acceptors (Lipinski definition) is 5. The van der Waals surface area contributed by atoms with Crippen LogP contribution in [0.1, 0.15) is 16.1 Å². The molecule has 0 aliphatic rings. The van der Waals surface area contributed by atoms with Gasteiger partial charge in [0.1, 0.15) is 0 Å². The predicted octanol–water partition coefficient (Wildman–Crippen LogP) is 1.70. The van der Waals surface area contributed by atoms with Crippen LogP contribution in [0.15, 0.2) is 52.0 Å². The van der Waals surface area contributed by atoms with Crippen molar-refractivity contribution in [3.63, 3.8) is 0 Å². The molecule has 0 aliphatic carbocycles. The first kappa shape index (κ1) is 19.5. The van der Waals surface area contributed by atoms with E-state index in [0.29, 0.717) is 10.2 Å². The number of ether oxygens (including phenoxy) is 1. The molecule has 1 aromatic carbocycles. The van der Waals surface area contributed by atoms with Crippen molar-refractivity contribution in [2.45, 2.75) is 11.4 Å². The molecule has 0 radical (unpaired) electrons. The summed E-state index contributed by atoms with van der Waals surface area (Å²) in [6.07, 6.45) is 1.64. The number of benzene rings is 1. The first-order valence-corrected chi connectivity index (χ1v) is 9.68. The van der Waals surface area contributed by atoms with E-state index in [1.54, 1.807) is 18.3 Å². The van der Waals surface area contributed by atoms with Crippen molar-refractivity contribution >= 4 is 31.9 Å². The number of carbonyl (C=O) groups excluding carboxylic acids is 1. The van der Waals surface area contributed by atoms with Crippen LogP contribution in [0, 0.1) is 0 Å². The minimum Gasteiger partial charge on any atom is -0.383 e. The molecule has 25 heavy (non-hydrogen) atoms. The van der Waals surface area contributed by atoms with E-state index < -0.39 is 15.9 Å². The lowest BCUT2D eigenvalue weighted by Gasteiger charge is -2.10. The average Bonchev–Trinajstić information content (AvgIpc) is 2.61. The van der Waals surface area contributed by atoms with Crippen molar-refractivity contribution in [3.05, 3.63) is 58.3 Å². The molecule has 0 unspecified atom stereocenters. The third-order valence-corrected chi connectivity index (χ3v) is 5.40. The number of nitrogens with zero attached hydrogens (tertiary/aromatic N) is 1. The monoisotopic (exact) mass is 427 g/mol. The van der Waals surface area contributed by atoms with Gasteiger partial charge in [0.05, 0.1) is 29.3 Å². The summed E-state index contributed by atoms with van der Waals surface area (Å²) in [7, 11) is -2.23. The van der Waals surface area contributed by atoms with Gasteiger partial charge in [-0.1, -0.05) is 6.07 Å². The Hall–Kier alpha value is -1.81. The maximum Gasteiger partial charge on any atom is 0.252 e. The standard InChI is InChI=1S/C16H18BrN3O4S/c1-24-9-8-20-25(22,23)13-5-6-15(17)14(10-13)16(21)19-11-12-4-2-3-7-18-12/h2-7,10,20H,8-9,11H2,1H3,(H,19,21). The van der Waals surface area contributed by atoms with E-state index in [1.807, 2.05) is 6.07 Å². The van der Waals surface area contributed by atoms with Gasteiger partial charge >= 0.3 is 0 Å². The highest BCUT2D eigenvalue weighted by Gasteiger charge is 2.18. The molecule has 1 heterocycles. The van der Waals surface area contributed by atoms with Crippen molar-refractivity contribution < 1.29 is 17.9 Å². The van der Waals surface area contributed by atoms with Gasteiger partial charge in [-0.15, -0.1) is 0 Å². The molecule has 1 aromatic heterocycles. The summed E-state index contributed by atoms with van der Waals surface area (Å²) < 4.78 is 32.2. The van der Waals surface area contributed by atoms with Crippen molar-refractivity contribution in [3.8, 4) is 0 Å². The highest BCUT2D eigenvalue weighted by molar-refractivity contribution is 9.10. The molecule has 7 nitrogen and oxygen atoms in total. The first-order chi connectivity index (χ1) is 11.9. The molecule has 0 saturated heterocycles. The quantitative estimate of drug-likeness (QED) is 0.624. The highest BCUT2D eigenvalue weighted by Crippen LogP contribution is 2.21. The topological polar surface area (TPSA) is 97.4 Å². The Labute approximate surface area is 155 Å². The number of nitrogens with one attached hydrogen (secondary N) is 2. The molecule has 0 aliphatic heterocycles. The molecule has 9 heteroatoms. The summed E-state index contributed by atoms with van der Waals surface area (Å²) in [6, 6.07) is 9.67. The van der Waals surface area contributed by atoms with Gasteiger partial charge in [-0.2, -0.15) is 0 Å². The minimum atomic E-state index is -3.72. The van der Waals surface area contributed by atoms with E-state index in [-0.39, 0.29) is 30.2 Å². The van der Waals surface area contributed by atoms with E-state index in [2.05, 4.69) is 31.0 Å². The zero-order valence-electron chi connectivity index (χ0n) is 13.5. The van der Waals surface area contributed by atoms with Crippen LogP contribution in [0.3, 0.4) is 0 Å². The smallest absolute Gasteiger partial charge is 0.252 e. The van der Waals surface area contributed by atoms with Crippen LogP contribution in [0.4, 0.5) is 0 Å². The SMILES string of the molecule is COCCNS(=O)(=O)c1ccc(Br)c(C(=O)NCc2ccccn2)c1. The molecule has 0 saturated carbocycles. The van der Waals surface area contributed by atoms with Crippen molar-refractivity contribution in [2.24, 2.45) is 0 Å². The maximum absolute atomic E-state index is 12.4. The number of carbonyl (C=O) groups is 1. The van der Waals surface area contributed by atoms with Gasteiger partial charge in [0.2, 0.25) is 10.0 Å². The molecular weight excluding hydrogens is 410 g/mol. The molecule has 0 bridgehead atoms. The summed E-state index contributed by atoms with van der Waals surface area (Å²) in [5.74, 6) is -0.397. The normalized spacial score (nSPS) is 11.3. The summed E-state index contributed by atoms with van der Waals surface area (Å²) >= 11 is 3.28. The van der Waals surface area contributed by atoms with E-state index in [9.17, 15) is 13.2 Å². The Kier molecular flexibility index (Phi) is 7.06. The molecule has 0 spiro atoms. The fraction of sp³-hybridized carbons (Fsp3) is 0.250. The maximum atomic E-state index is 12.4. The lowest BCUT2D eigenvalue weighted by Crippen LogP contribution is -2.28. The van der Waals surface area contributed by atoms with Crippen LogP contribution in [-0.4, -0.2) is 39.6 Å². The van der Waals surface area contributed by atoms with Crippen LogP contribution < -0.4 is 10.0 Å². The number of rotatable bonds is 8. The largest absolute Gasteiger partial charge is 0.383 e. The summed E-state index contributed by atoms with van der Waals surface area (Å²) in [6.45, 7) is 0.651. The summed E-state index contributed by atoms with van der Waals surface area (Å²) in [4.78, 5) is 16.5. The molecule has 134 valence electrons. The molecular formula is C16H18BrN3O4S. The lowest BCUT2D eigenvalue weighted by atomic mass is 10.2. The predicted molar refractivity (Wildman–Crippen MR) is 96.6 cm³/mol. The molecule has 2 aromatic rings. The van der Waals surface area contributed by atoms with Crippen LogP contribution in [0.2, 0.25) is 0 Å². The summed E-state index contributed by atoms with van der Waals surface area (Å²) in [5, 5.41) is 2.72. The van der Waals surface area contributed by atoms with Crippen LogP contribution in [0.5, 0.6) is 0 Å². The number of pyridine rings is 1. The van der Waals surface area contributed by atoms with Gasteiger partial charge in [0, 0.05) is 24.3 Å². The molecule has 1 amide bonds. The third-order valence-electron chi connectivity index (χ3n) is 3.25. The van der Waals surface area contributed by atoms with Gasteiger partial charge in [0.15, 0.2) is 0 Å². The van der Waals surface area contributed by atoms with Crippen molar-refractivity contribution in [2.75, 3.05) is 20.3 Å². The number of halogens is 1. The van der Waals surface area contributed by atoms with E-state index >= 15 is 0 Å². The van der Waals surface area contributed by atoms with Crippen molar-refractivity contribution in [1.82, 2.24) is 15.0 Å².